The molecule has 1 atom stereocenters. The maximum absolute atomic E-state index is 11.7. The highest BCUT2D eigenvalue weighted by molar-refractivity contribution is 7.09. The van der Waals surface area contributed by atoms with Crippen LogP contribution in [0.2, 0.25) is 0 Å². The molecule has 2 rings (SSSR count). The first-order valence-electron chi connectivity index (χ1n) is 6.17. The first-order chi connectivity index (χ1) is 8.48. The van der Waals surface area contributed by atoms with Crippen LogP contribution >= 0.6 is 11.3 Å². The van der Waals surface area contributed by atoms with Crippen molar-refractivity contribution >= 4 is 17.4 Å². The number of carbonyl (C=O) groups excluding carboxylic acids is 1. The maximum atomic E-state index is 11.7. The fourth-order valence-corrected chi connectivity index (χ4v) is 2.69. The molecule has 1 saturated carbocycles. The zero-order valence-corrected chi connectivity index (χ0v) is 11.5. The van der Waals surface area contributed by atoms with Gasteiger partial charge in [-0.05, 0) is 33.1 Å². The van der Waals surface area contributed by atoms with Gasteiger partial charge in [0.25, 0.3) is 0 Å². The number of urea groups is 1. The number of rotatable bonds is 4. The largest absolute Gasteiger partial charge is 0.388 e. The Morgan fingerprint density at radius 3 is 2.89 bits per heavy atom. The SMILES string of the molecule is Cc1csc(C(C)NC(=O)NCC2(O)CCC2)n1. The van der Waals surface area contributed by atoms with E-state index in [9.17, 15) is 9.90 Å². The van der Waals surface area contributed by atoms with Gasteiger partial charge < -0.3 is 15.7 Å². The number of thiazole rings is 1. The van der Waals surface area contributed by atoms with Crippen LogP contribution < -0.4 is 10.6 Å². The van der Waals surface area contributed by atoms with Crippen molar-refractivity contribution in [1.29, 1.82) is 0 Å². The average molecular weight is 269 g/mol. The minimum Gasteiger partial charge on any atom is -0.388 e. The molecule has 1 unspecified atom stereocenters. The van der Waals surface area contributed by atoms with E-state index in [1.165, 1.54) is 11.3 Å². The van der Waals surface area contributed by atoms with Gasteiger partial charge in [0, 0.05) is 17.6 Å². The molecule has 18 heavy (non-hydrogen) atoms. The Labute approximate surface area is 111 Å². The zero-order chi connectivity index (χ0) is 13.2. The van der Waals surface area contributed by atoms with Gasteiger partial charge in [-0.15, -0.1) is 11.3 Å². The number of amides is 2. The van der Waals surface area contributed by atoms with Crippen LogP contribution in [0.3, 0.4) is 0 Å². The van der Waals surface area contributed by atoms with Gasteiger partial charge >= 0.3 is 6.03 Å². The van der Waals surface area contributed by atoms with Gasteiger partial charge in [-0.2, -0.15) is 0 Å². The summed E-state index contributed by atoms with van der Waals surface area (Å²) in [7, 11) is 0. The van der Waals surface area contributed by atoms with Crippen molar-refractivity contribution in [2.24, 2.45) is 0 Å². The third-order valence-corrected chi connectivity index (χ3v) is 4.36. The topological polar surface area (TPSA) is 74.2 Å². The number of aliphatic hydroxyl groups is 1. The Bertz CT molecular complexity index is 429. The predicted molar refractivity (Wildman–Crippen MR) is 70.6 cm³/mol. The molecule has 1 aromatic rings. The number of carbonyl (C=O) groups is 1. The molecular weight excluding hydrogens is 250 g/mol. The van der Waals surface area contributed by atoms with Crippen molar-refractivity contribution in [3.8, 4) is 0 Å². The molecule has 0 spiro atoms. The Morgan fingerprint density at radius 1 is 1.67 bits per heavy atom. The quantitative estimate of drug-likeness (QED) is 0.779. The summed E-state index contributed by atoms with van der Waals surface area (Å²) in [6, 6.07) is -0.365. The van der Waals surface area contributed by atoms with Crippen LogP contribution in [0.25, 0.3) is 0 Å². The van der Waals surface area contributed by atoms with Crippen molar-refractivity contribution in [2.45, 2.75) is 44.8 Å². The van der Waals surface area contributed by atoms with E-state index in [1.807, 2.05) is 19.2 Å². The molecule has 0 radical (unpaired) electrons. The summed E-state index contributed by atoms with van der Waals surface area (Å²) >= 11 is 1.54. The van der Waals surface area contributed by atoms with E-state index in [4.69, 9.17) is 0 Å². The number of aryl methyl sites for hydroxylation is 1. The number of nitrogens with one attached hydrogen (secondary N) is 2. The fraction of sp³-hybridized carbons (Fsp3) is 0.667. The molecular formula is C12H19N3O2S. The van der Waals surface area contributed by atoms with Crippen LogP contribution in [-0.4, -0.2) is 28.3 Å². The summed E-state index contributed by atoms with van der Waals surface area (Å²) in [5, 5.41) is 18.2. The molecule has 0 aliphatic heterocycles. The highest BCUT2D eigenvalue weighted by atomic mass is 32.1. The van der Waals surface area contributed by atoms with E-state index < -0.39 is 5.60 Å². The van der Waals surface area contributed by atoms with E-state index in [2.05, 4.69) is 15.6 Å². The van der Waals surface area contributed by atoms with Gasteiger partial charge in [-0.3, -0.25) is 0 Å². The summed E-state index contributed by atoms with van der Waals surface area (Å²) < 4.78 is 0. The van der Waals surface area contributed by atoms with Crippen molar-refractivity contribution < 1.29 is 9.90 Å². The van der Waals surface area contributed by atoms with Crippen LogP contribution in [0.1, 0.15) is 42.9 Å². The smallest absolute Gasteiger partial charge is 0.315 e. The molecule has 1 heterocycles. The lowest BCUT2D eigenvalue weighted by molar-refractivity contribution is -0.0290. The van der Waals surface area contributed by atoms with Crippen molar-refractivity contribution in [1.82, 2.24) is 15.6 Å². The Kier molecular flexibility index (Phi) is 3.87. The van der Waals surface area contributed by atoms with Crippen molar-refractivity contribution in [2.75, 3.05) is 6.54 Å². The van der Waals surface area contributed by atoms with Crippen LogP contribution in [-0.2, 0) is 0 Å². The Hall–Kier alpha value is -1.14. The van der Waals surface area contributed by atoms with E-state index in [0.717, 1.165) is 30.0 Å². The Balaban J connectivity index is 1.76. The average Bonchev–Trinajstić information content (AvgIpc) is 2.70. The summed E-state index contributed by atoms with van der Waals surface area (Å²) in [4.78, 5) is 16.0. The summed E-state index contributed by atoms with van der Waals surface area (Å²) in [5.41, 5.74) is 0.283. The third-order valence-electron chi connectivity index (χ3n) is 3.22. The zero-order valence-electron chi connectivity index (χ0n) is 10.7. The molecule has 3 N–H and O–H groups in total. The van der Waals surface area contributed by atoms with Crippen LogP contribution in [0.4, 0.5) is 4.79 Å². The number of aromatic nitrogens is 1. The molecule has 6 heteroatoms. The minimum absolute atomic E-state index is 0.111. The van der Waals surface area contributed by atoms with Gasteiger partial charge in [0.05, 0.1) is 11.6 Å². The van der Waals surface area contributed by atoms with E-state index in [1.54, 1.807) is 0 Å². The molecule has 1 aromatic heterocycles. The highest BCUT2D eigenvalue weighted by Gasteiger charge is 2.34. The first-order valence-corrected chi connectivity index (χ1v) is 7.05. The molecule has 0 bridgehead atoms. The molecule has 1 aliphatic carbocycles. The second kappa shape index (κ2) is 5.24. The van der Waals surface area contributed by atoms with Crippen LogP contribution in [0, 0.1) is 6.92 Å². The molecule has 0 aromatic carbocycles. The molecule has 1 aliphatic rings. The lowest BCUT2D eigenvalue weighted by Gasteiger charge is -2.36. The van der Waals surface area contributed by atoms with Crippen molar-refractivity contribution in [3.05, 3.63) is 16.1 Å². The number of hydrogen-bond acceptors (Lipinski definition) is 4. The fourth-order valence-electron chi connectivity index (χ4n) is 1.89. The molecule has 5 nitrogen and oxygen atoms in total. The normalized spacial score (nSPS) is 18.8. The van der Waals surface area contributed by atoms with Crippen LogP contribution in [0.15, 0.2) is 5.38 Å². The van der Waals surface area contributed by atoms with Gasteiger partial charge in [0.1, 0.15) is 5.01 Å². The Morgan fingerprint density at radius 2 is 2.39 bits per heavy atom. The van der Waals surface area contributed by atoms with E-state index in [0.29, 0.717) is 6.54 Å². The third kappa shape index (κ3) is 3.20. The monoisotopic (exact) mass is 269 g/mol. The molecule has 100 valence electrons. The van der Waals surface area contributed by atoms with Gasteiger partial charge in [-0.25, -0.2) is 9.78 Å². The molecule has 1 fully saturated rings. The molecule has 0 saturated heterocycles. The second-order valence-corrected chi connectivity index (χ2v) is 5.84. The van der Waals surface area contributed by atoms with E-state index in [-0.39, 0.29) is 12.1 Å². The summed E-state index contributed by atoms with van der Waals surface area (Å²) in [5.74, 6) is 0. The molecule has 2 amide bonds. The summed E-state index contributed by atoms with van der Waals surface area (Å²) in [6.07, 6.45) is 2.58. The highest BCUT2D eigenvalue weighted by Crippen LogP contribution is 2.30. The lowest BCUT2D eigenvalue weighted by atomic mass is 9.80. The maximum Gasteiger partial charge on any atom is 0.315 e. The first kappa shape index (κ1) is 13.3. The lowest BCUT2D eigenvalue weighted by Crippen LogP contribution is -2.50. The number of hydrogen-bond donors (Lipinski definition) is 3. The number of nitrogens with zero attached hydrogens (tertiary/aromatic N) is 1. The second-order valence-electron chi connectivity index (χ2n) is 4.95. The minimum atomic E-state index is -0.682. The standard InChI is InChI=1S/C12H19N3O2S/c1-8-6-18-10(14-8)9(2)15-11(16)13-7-12(17)4-3-5-12/h6,9,17H,3-5,7H2,1-2H3,(H2,13,15,16). The van der Waals surface area contributed by atoms with Gasteiger partial charge in [-0.1, -0.05) is 0 Å². The summed E-state index contributed by atoms with van der Waals surface area (Å²) in [6.45, 7) is 4.15. The van der Waals surface area contributed by atoms with Gasteiger partial charge in [0.15, 0.2) is 0 Å². The predicted octanol–water partition coefficient (Wildman–Crippen LogP) is 1.73. The van der Waals surface area contributed by atoms with Crippen LogP contribution in [0.5, 0.6) is 0 Å². The van der Waals surface area contributed by atoms with E-state index >= 15 is 0 Å². The van der Waals surface area contributed by atoms with Crippen molar-refractivity contribution in [3.63, 3.8) is 0 Å². The van der Waals surface area contributed by atoms with Gasteiger partial charge in [0.2, 0.25) is 0 Å².